The van der Waals surface area contributed by atoms with Gasteiger partial charge in [0.15, 0.2) is 12.0 Å². The number of amides is 3. The molecule has 11 nitrogen and oxygen atoms in total. The van der Waals surface area contributed by atoms with E-state index in [1.54, 1.807) is 35.2 Å². The maximum absolute atomic E-state index is 15.2. The van der Waals surface area contributed by atoms with Crippen molar-refractivity contribution in [2.75, 3.05) is 30.9 Å². The lowest BCUT2D eigenvalue weighted by Gasteiger charge is -2.43. The Labute approximate surface area is 295 Å². The molecular weight excluding hydrogens is 653 g/mol. The second-order valence-corrected chi connectivity index (χ2v) is 16.8. The number of piperidine rings is 1. The van der Waals surface area contributed by atoms with Crippen LogP contribution >= 0.6 is 8.58 Å². The zero-order valence-electron chi connectivity index (χ0n) is 29.5. The van der Waals surface area contributed by atoms with Crippen molar-refractivity contribution in [3.05, 3.63) is 77.4 Å². The summed E-state index contributed by atoms with van der Waals surface area (Å²) in [4.78, 5) is 50.8. The van der Waals surface area contributed by atoms with E-state index < -0.39 is 6.04 Å². The average Bonchev–Trinajstić information content (AvgIpc) is 3.73. The highest BCUT2D eigenvalue weighted by molar-refractivity contribution is 7.38. The van der Waals surface area contributed by atoms with Gasteiger partial charge in [0.05, 0.1) is 13.0 Å². The van der Waals surface area contributed by atoms with Gasteiger partial charge in [-0.15, -0.1) is 0 Å². The zero-order chi connectivity index (χ0) is 35.2. The SMILES string of the molecule is Cc1cc(C(=O)N2CCC(NC(=O)C(c3cccnc3)N(C(=O)[C@@H]3C[C@@H]4C(C)CO[C@@H]5OCP[C@H]3C54)c3ccc(C(C)(C)C)cc3)CC2)no1. The first-order valence-electron chi connectivity index (χ1n) is 17.8. The second kappa shape index (κ2) is 14.2. The van der Waals surface area contributed by atoms with Crippen LogP contribution in [0, 0.1) is 30.6 Å². The van der Waals surface area contributed by atoms with Gasteiger partial charge in [-0.1, -0.05) is 59.6 Å². The van der Waals surface area contributed by atoms with Crippen molar-refractivity contribution in [2.45, 2.75) is 83.3 Å². The van der Waals surface area contributed by atoms with Crippen LogP contribution in [0.15, 0.2) is 59.4 Å². The highest BCUT2D eigenvalue weighted by Crippen LogP contribution is 2.56. The number of pyridine rings is 1. The fraction of sp³-hybridized carbons (Fsp3) is 0.553. The molecule has 266 valence electrons. The van der Waals surface area contributed by atoms with Gasteiger partial charge in [0, 0.05) is 60.7 Å². The Morgan fingerprint density at radius 1 is 1.08 bits per heavy atom. The highest BCUT2D eigenvalue weighted by Gasteiger charge is 2.56. The molecule has 0 radical (unpaired) electrons. The van der Waals surface area contributed by atoms with Crippen LogP contribution in [0.1, 0.15) is 80.4 Å². The summed E-state index contributed by atoms with van der Waals surface area (Å²) in [6.07, 6.45) is 5.59. The van der Waals surface area contributed by atoms with E-state index in [2.05, 4.69) is 55.3 Å². The maximum Gasteiger partial charge on any atom is 0.276 e. The summed E-state index contributed by atoms with van der Waals surface area (Å²) in [6, 6.07) is 12.3. The number of carbonyl (C=O) groups is 3. The van der Waals surface area contributed by atoms with Crippen LogP contribution in [0.4, 0.5) is 5.69 Å². The van der Waals surface area contributed by atoms with E-state index in [0.717, 1.165) is 12.0 Å². The predicted molar refractivity (Wildman–Crippen MR) is 190 cm³/mol. The molecule has 1 N–H and O–H groups in total. The number of rotatable bonds is 7. The standard InChI is InChI=1S/C38H48N5O6P/c1-22-20-47-37-31-28(22)18-29(33(31)50-21-48-37)35(45)43(27-10-8-25(9-11-27)38(3,4)5)32(24-7-6-14-39-19-24)34(44)40-26-12-15-42(16-13-26)36(46)30-17-23(2)49-41-30/h6-11,14,17,19,22,26,28-29,31-33,37,50H,12-13,15-16,18,20-21H2,1-5H3,(H,40,44)/t22?,28-,29-,31?,32?,33-,37-/m1/s1. The molecule has 12 heteroatoms. The van der Waals surface area contributed by atoms with Crippen molar-refractivity contribution in [1.29, 1.82) is 0 Å². The lowest BCUT2D eigenvalue weighted by atomic mass is 9.83. The molecule has 3 amide bonds. The smallest absolute Gasteiger partial charge is 0.276 e. The largest absolute Gasteiger partial charge is 0.361 e. The average molecular weight is 702 g/mol. The Balaban J connectivity index is 1.19. The van der Waals surface area contributed by atoms with Crippen LogP contribution in [0.3, 0.4) is 0 Å². The van der Waals surface area contributed by atoms with Gasteiger partial charge in [-0.05, 0) is 72.9 Å². The van der Waals surface area contributed by atoms with E-state index >= 15 is 4.79 Å². The molecule has 1 aliphatic carbocycles. The summed E-state index contributed by atoms with van der Waals surface area (Å²) in [5.74, 6) is 0.662. The van der Waals surface area contributed by atoms with E-state index in [9.17, 15) is 9.59 Å². The van der Waals surface area contributed by atoms with E-state index in [1.807, 2.05) is 24.3 Å². The summed E-state index contributed by atoms with van der Waals surface area (Å²) in [7, 11) is 0.487. The van der Waals surface area contributed by atoms with Crippen molar-refractivity contribution < 1.29 is 28.4 Å². The van der Waals surface area contributed by atoms with E-state index in [-0.39, 0.29) is 58.7 Å². The van der Waals surface area contributed by atoms with Crippen molar-refractivity contribution in [3.8, 4) is 0 Å². The summed E-state index contributed by atoms with van der Waals surface area (Å²) in [6.45, 7) is 12.0. The van der Waals surface area contributed by atoms with Crippen LogP contribution in [-0.4, -0.2) is 76.8 Å². The number of nitrogens with zero attached hydrogens (tertiary/aromatic N) is 4. The molecule has 7 rings (SSSR count). The molecular formula is C38H48N5O6P. The number of anilines is 1. The first-order valence-corrected chi connectivity index (χ1v) is 19.1. The fourth-order valence-corrected chi connectivity index (χ4v) is 10.0. The Kier molecular flexibility index (Phi) is 9.85. The second-order valence-electron chi connectivity index (χ2n) is 15.4. The molecule has 8 atom stereocenters. The summed E-state index contributed by atoms with van der Waals surface area (Å²) < 4.78 is 17.3. The van der Waals surface area contributed by atoms with Crippen molar-refractivity contribution in [2.24, 2.45) is 23.7 Å². The van der Waals surface area contributed by atoms with E-state index in [4.69, 9.17) is 14.0 Å². The lowest BCUT2D eigenvalue weighted by Crippen LogP contribution is -2.52. The number of likely N-dealkylation sites (tertiary alicyclic amines) is 1. The van der Waals surface area contributed by atoms with Crippen molar-refractivity contribution in [3.63, 3.8) is 0 Å². The molecule has 3 saturated heterocycles. The number of hydrogen-bond donors (Lipinski definition) is 1. The van der Waals surface area contributed by atoms with Gasteiger partial charge in [-0.25, -0.2) is 0 Å². The minimum absolute atomic E-state index is 0.0411. The molecule has 4 aliphatic rings. The normalized spacial score (nSPS) is 27.8. The van der Waals surface area contributed by atoms with Gasteiger partial charge in [0.25, 0.3) is 5.91 Å². The van der Waals surface area contributed by atoms with E-state index in [0.29, 0.717) is 76.3 Å². The third kappa shape index (κ3) is 6.84. The number of benzene rings is 1. The molecule has 4 unspecified atom stereocenters. The zero-order valence-corrected chi connectivity index (χ0v) is 30.5. The molecule has 5 heterocycles. The van der Waals surface area contributed by atoms with Gasteiger partial charge in [0.1, 0.15) is 11.8 Å². The van der Waals surface area contributed by atoms with E-state index in [1.165, 1.54) is 0 Å². The van der Waals surface area contributed by atoms with Gasteiger partial charge >= 0.3 is 0 Å². The minimum Gasteiger partial charge on any atom is -0.361 e. The molecule has 0 spiro atoms. The molecule has 2 aromatic heterocycles. The Bertz CT molecular complexity index is 1690. The molecule has 1 saturated carbocycles. The highest BCUT2D eigenvalue weighted by atomic mass is 31.1. The molecule has 3 aromatic rings. The van der Waals surface area contributed by atoms with Crippen LogP contribution in [0.2, 0.25) is 0 Å². The number of nitrogens with one attached hydrogen (secondary N) is 1. The van der Waals surface area contributed by atoms with Crippen LogP contribution in [0.25, 0.3) is 0 Å². The predicted octanol–water partition coefficient (Wildman–Crippen LogP) is 5.45. The van der Waals surface area contributed by atoms with Gasteiger partial charge in [-0.3, -0.25) is 24.3 Å². The molecule has 4 fully saturated rings. The first kappa shape index (κ1) is 34.8. The topological polar surface area (TPSA) is 127 Å². The van der Waals surface area contributed by atoms with Crippen molar-refractivity contribution in [1.82, 2.24) is 20.4 Å². The van der Waals surface area contributed by atoms with Crippen LogP contribution in [0.5, 0.6) is 0 Å². The number of ether oxygens (including phenoxy) is 2. The van der Waals surface area contributed by atoms with Crippen LogP contribution in [-0.2, 0) is 24.5 Å². The summed E-state index contributed by atoms with van der Waals surface area (Å²) in [5.41, 5.74) is 2.82. The molecule has 1 aromatic carbocycles. The summed E-state index contributed by atoms with van der Waals surface area (Å²) >= 11 is 0. The number of aryl methyl sites for hydroxylation is 1. The molecule has 3 aliphatic heterocycles. The quantitative estimate of drug-likeness (QED) is 0.323. The van der Waals surface area contributed by atoms with Gasteiger partial charge in [-0.2, -0.15) is 0 Å². The Morgan fingerprint density at radius 3 is 2.50 bits per heavy atom. The molecule has 50 heavy (non-hydrogen) atoms. The monoisotopic (exact) mass is 701 g/mol. The number of hydrogen-bond acceptors (Lipinski definition) is 8. The summed E-state index contributed by atoms with van der Waals surface area (Å²) in [5, 5.41) is 7.17. The first-order chi connectivity index (χ1) is 24.0. The lowest BCUT2D eigenvalue weighted by molar-refractivity contribution is -0.211. The molecule has 0 bridgehead atoms. The number of aromatic nitrogens is 2. The fourth-order valence-electron chi connectivity index (χ4n) is 8.31. The minimum atomic E-state index is -0.940. The Hall–Kier alpha value is -3.66. The Morgan fingerprint density at radius 2 is 1.84 bits per heavy atom. The van der Waals surface area contributed by atoms with Gasteiger partial charge < -0.3 is 24.2 Å². The third-order valence-electron chi connectivity index (χ3n) is 11.1. The number of carbonyl (C=O) groups excluding carboxylic acids is 3. The maximum atomic E-state index is 15.2. The van der Waals surface area contributed by atoms with Gasteiger partial charge in [0.2, 0.25) is 11.8 Å². The third-order valence-corrected chi connectivity index (χ3v) is 12.6. The van der Waals surface area contributed by atoms with Crippen molar-refractivity contribution >= 4 is 32.0 Å². The van der Waals surface area contributed by atoms with Crippen LogP contribution < -0.4 is 10.2 Å².